The molecule has 3 aliphatic rings. The maximum atomic E-state index is 13.4. The summed E-state index contributed by atoms with van der Waals surface area (Å²) in [6, 6.07) is 17.5. The molecule has 34 heavy (non-hydrogen) atoms. The zero-order valence-electron chi connectivity index (χ0n) is 20.8. The quantitative estimate of drug-likeness (QED) is 0.477. The standard InChI is InChI=1S/C31H34N2O/c1-32(2)27-13-9-21(10-14-27)23-5-7-25(19-23)29-17-18-30(31(29)34)26-8-6-24(20-26)22-11-15-28(16-12-22)33(3)4/h9-16,19-20H,5-8,17-18H2,1-4H3. The third kappa shape index (κ3) is 4.27. The summed E-state index contributed by atoms with van der Waals surface area (Å²) in [5, 5.41) is 0. The second-order valence-electron chi connectivity index (χ2n) is 10.1. The molecule has 174 valence electrons. The van der Waals surface area contributed by atoms with Crippen molar-refractivity contribution < 1.29 is 4.79 Å². The highest BCUT2D eigenvalue weighted by molar-refractivity contribution is 6.12. The van der Waals surface area contributed by atoms with Crippen molar-refractivity contribution in [2.24, 2.45) is 0 Å². The van der Waals surface area contributed by atoms with Gasteiger partial charge in [-0.2, -0.15) is 0 Å². The number of anilines is 2. The van der Waals surface area contributed by atoms with Gasteiger partial charge in [0.25, 0.3) is 0 Å². The molecule has 0 amide bonds. The number of ketones is 1. The van der Waals surface area contributed by atoms with E-state index < -0.39 is 0 Å². The molecule has 0 aromatic heterocycles. The largest absolute Gasteiger partial charge is 0.378 e. The molecule has 2 aromatic rings. The number of hydrogen-bond acceptors (Lipinski definition) is 3. The van der Waals surface area contributed by atoms with Crippen molar-refractivity contribution in [2.45, 2.75) is 38.5 Å². The number of carbonyl (C=O) groups excluding carboxylic acids is 1. The van der Waals surface area contributed by atoms with Gasteiger partial charge in [-0.05, 0) is 96.2 Å². The van der Waals surface area contributed by atoms with E-state index in [1.54, 1.807) is 0 Å². The van der Waals surface area contributed by atoms with Crippen molar-refractivity contribution in [3.05, 3.63) is 94.1 Å². The van der Waals surface area contributed by atoms with Crippen molar-refractivity contribution in [1.82, 2.24) is 0 Å². The lowest BCUT2D eigenvalue weighted by Gasteiger charge is -2.12. The summed E-state index contributed by atoms with van der Waals surface area (Å²) in [6.45, 7) is 0. The number of carbonyl (C=O) groups is 1. The van der Waals surface area contributed by atoms with Crippen LogP contribution in [0.5, 0.6) is 0 Å². The Morgan fingerprint density at radius 1 is 0.529 bits per heavy atom. The van der Waals surface area contributed by atoms with Gasteiger partial charge in [-0.3, -0.25) is 4.79 Å². The van der Waals surface area contributed by atoms with E-state index in [4.69, 9.17) is 0 Å². The van der Waals surface area contributed by atoms with Gasteiger partial charge in [0.15, 0.2) is 5.78 Å². The predicted molar refractivity (Wildman–Crippen MR) is 144 cm³/mol. The van der Waals surface area contributed by atoms with Gasteiger partial charge in [-0.25, -0.2) is 0 Å². The lowest BCUT2D eigenvalue weighted by Crippen LogP contribution is -2.08. The number of Topliss-reactive ketones (excluding diaryl/α,β-unsaturated/α-hetero) is 1. The van der Waals surface area contributed by atoms with E-state index in [1.165, 1.54) is 44.8 Å². The molecule has 2 aromatic carbocycles. The smallest absolute Gasteiger partial charge is 0.185 e. The maximum absolute atomic E-state index is 13.4. The molecule has 0 spiro atoms. The number of rotatable bonds is 4. The lowest BCUT2D eigenvalue weighted by atomic mass is 10.0. The molecule has 3 nitrogen and oxygen atoms in total. The van der Waals surface area contributed by atoms with Crippen molar-refractivity contribution in [3.8, 4) is 0 Å². The molecule has 3 aliphatic carbocycles. The summed E-state index contributed by atoms with van der Waals surface area (Å²) in [4.78, 5) is 17.7. The molecule has 1 saturated carbocycles. The van der Waals surface area contributed by atoms with Crippen LogP contribution in [0.2, 0.25) is 0 Å². The maximum Gasteiger partial charge on any atom is 0.185 e. The van der Waals surface area contributed by atoms with Crippen LogP contribution in [-0.4, -0.2) is 34.0 Å². The molecule has 1 fully saturated rings. The van der Waals surface area contributed by atoms with Crippen LogP contribution >= 0.6 is 0 Å². The Labute approximate surface area is 203 Å². The van der Waals surface area contributed by atoms with Gasteiger partial charge in [0.1, 0.15) is 0 Å². The molecular formula is C31H34N2O. The summed E-state index contributed by atoms with van der Waals surface area (Å²) in [5.41, 5.74) is 12.3. The molecule has 0 unspecified atom stereocenters. The van der Waals surface area contributed by atoms with Crippen molar-refractivity contribution in [3.63, 3.8) is 0 Å². The van der Waals surface area contributed by atoms with Gasteiger partial charge >= 0.3 is 0 Å². The minimum atomic E-state index is 0.297. The second kappa shape index (κ2) is 9.13. The number of benzene rings is 2. The molecule has 0 atom stereocenters. The normalized spacial score (nSPS) is 22.3. The van der Waals surface area contributed by atoms with Gasteiger partial charge in [-0.1, -0.05) is 36.4 Å². The fourth-order valence-electron chi connectivity index (χ4n) is 5.40. The van der Waals surface area contributed by atoms with Crippen LogP contribution in [0.3, 0.4) is 0 Å². The van der Waals surface area contributed by atoms with Crippen LogP contribution in [-0.2, 0) is 4.79 Å². The fraction of sp³-hybridized carbons (Fsp3) is 0.323. The molecular weight excluding hydrogens is 416 g/mol. The topological polar surface area (TPSA) is 23.6 Å². The van der Waals surface area contributed by atoms with Crippen molar-refractivity contribution >= 4 is 28.3 Å². The minimum absolute atomic E-state index is 0.297. The summed E-state index contributed by atoms with van der Waals surface area (Å²) in [5.74, 6) is 0.297. The molecule has 0 heterocycles. The van der Waals surface area contributed by atoms with Crippen LogP contribution in [0.4, 0.5) is 11.4 Å². The monoisotopic (exact) mass is 450 g/mol. The van der Waals surface area contributed by atoms with E-state index in [9.17, 15) is 4.79 Å². The van der Waals surface area contributed by atoms with Crippen LogP contribution < -0.4 is 9.80 Å². The first-order valence-electron chi connectivity index (χ1n) is 12.4. The number of hydrogen-bond donors (Lipinski definition) is 0. The predicted octanol–water partition coefficient (Wildman–Crippen LogP) is 6.83. The molecule has 0 saturated heterocycles. The molecule has 5 rings (SSSR count). The molecule has 0 bridgehead atoms. The first-order valence-corrected chi connectivity index (χ1v) is 12.4. The van der Waals surface area contributed by atoms with Gasteiger partial charge in [0, 0.05) is 50.7 Å². The fourth-order valence-corrected chi connectivity index (χ4v) is 5.40. The van der Waals surface area contributed by atoms with E-state index >= 15 is 0 Å². The van der Waals surface area contributed by atoms with Gasteiger partial charge in [0.2, 0.25) is 0 Å². The Morgan fingerprint density at radius 3 is 1.26 bits per heavy atom. The Morgan fingerprint density at radius 2 is 0.912 bits per heavy atom. The van der Waals surface area contributed by atoms with E-state index in [0.29, 0.717) is 5.78 Å². The third-order valence-corrected chi connectivity index (χ3v) is 7.48. The highest BCUT2D eigenvalue weighted by Crippen LogP contribution is 2.42. The summed E-state index contributed by atoms with van der Waals surface area (Å²) in [7, 11) is 8.25. The van der Waals surface area contributed by atoms with E-state index in [0.717, 1.165) is 49.7 Å². The molecule has 0 aliphatic heterocycles. The van der Waals surface area contributed by atoms with Gasteiger partial charge < -0.3 is 9.80 Å². The van der Waals surface area contributed by atoms with Crippen LogP contribution in [0.15, 0.2) is 83.0 Å². The van der Waals surface area contributed by atoms with Crippen LogP contribution in [0.1, 0.15) is 49.7 Å². The molecule has 0 N–H and O–H groups in total. The van der Waals surface area contributed by atoms with Crippen molar-refractivity contribution in [2.75, 3.05) is 38.0 Å². The number of allylic oxidation sites excluding steroid dienone is 8. The molecule has 3 heteroatoms. The Kier molecular flexibility index (Phi) is 6.03. The van der Waals surface area contributed by atoms with Crippen molar-refractivity contribution in [1.29, 1.82) is 0 Å². The van der Waals surface area contributed by atoms with E-state index in [1.807, 2.05) is 0 Å². The average Bonchev–Trinajstić information content (AvgIpc) is 3.59. The second-order valence-corrected chi connectivity index (χ2v) is 10.1. The summed E-state index contributed by atoms with van der Waals surface area (Å²) >= 11 is 0. The Bertz CT molecular complexity index is 1140. The van der Waals surface area contributed by atoms with Crippen LogP contribution in [0.25, 0.3) is 11.1 Å². The number of nitrogens with zero attached hydrogens (tertiary/aromatic N) is 2. The van der Waals surface area contributed by atoms with Gasteiger partial charge in [0.05, 0.1) is 0 Å². The Hall–Kier alpha value is -3.33. The van der Waals surface area contributed by atoms with Crippen LogP contribution in [0, 0.1) is 0 Å². The average molecular weight is 451 g/mol. The lowest BCUT2D eigenvalue weighted by molar-refractivity contribution is -0.111. The highest BCUT2D eigenvalue weighted by atomic mass is 16.1. The summed E-state index contributed by atoms with van der Waals surface area (Å²) < 4.78 is 0. The first kappa shape index (κ1) is 22.5. The zero-order valence-corrected chi connectivity index (χ0v) is 20.8. The molecule has 0 radical (unpaired) electrons. The van der Waals surface area contributed by atoms with Gasteiger partial charge in [-0.15, -0.1) is 0 Å². The van der Waals surface area contributed by atoms with E-state index in [2.05, 4.69) is 98.7 Å². The highest BCUT2D eigenvalue weighted by Gasteiger charge is 2.30. The zero-order chi connectivity index (χ0) is 23.8. The minimum Gasteiger partial charge on any atom is -0.378 e. The van der Waals surface area contributed by atoms with E-state index in [-0.39, 0.29) is 0 Å². The SMILES string of the molecule is CN(C)c1ccc(C2=CC(=C3CCC(=C4C=C(c5ccc(N(C)C)cc5)CC4)C3=O)CC2)cc1. The third-order valence-electron chi connectivity index (χ3n) is 7.48. The summed E-state index contributed by atoms with van der Waals surface area (Å²) in [6.07, 6.45) is 10.3. The first-order chi connectivity index (χ1) is 16.4. The Balaban J connectivity index is 1.37.